The maximum absolute atomic E-state index is 13.6. The quantitative estimate of drug-likeness (QED) is 0.347. The van der Waals surface area contributed by atoms with Gasteiger partial charge >= 0.3 is 0 Å². The molecule has 198 valence electrons. The molecule has 2 N–H and O–H groups in total. The van der Waals surface area contributed by atoms with E-state index < -0.39 is 0 Å². The number of likely N-dealkylation sites (tertiary alicyclic amines) is 1. The van der Waals surface area contributed by atoms with Gasteiger partial charge in [-0.25, -0.2) is 0 Å². The van der Waals surface area contributed by atoms with Crippen LogP contribution in [0.2, 0.25) is 0 Å². The standard InChI is InChI=1S/C31H37N5O2/c1-19(2)36-17-21(4)29-26(30(37)33-16-27-20(3)12-22(5)34-31(27)38)13-24(14-28(29)36)23-8-9-25(32-15-23)18-35-10-6-7-11-35/h8-9,12-15,17,19H,6-7,10-11,16,18H2,1-5H3,(H,33,37)(H,34,38). The minimum atomic E-state index is -0.195. The molecule has 38 heavy (non-hydrogen) atoms. The summed E-state index contributed by atoms with van der Waals surface area (Å²) in [5.41, 5.74) is 7.76. The fourth-order valence-electron chi connectivity index (χ4n) is 5.58. The van der Waals surface area contributed by atoms with E-state index in [0.717, 1.165) is 64.2 Å². The third-order valence-electron chi connectivity index (χ3n) is 7.59. The molecule has 4 heterocycles. The van der Waals surface area contributed by atoms with Crippen LogP contribution in [0.4, 0.5) is 0 Å². The van der Waals surface area contributed by atoms with E-state index >= 15 is 0 Å². The average molecular weight is 512 g/mol. The molecule has 0 aliphatic carbocycles. The van der Waals surface area contributed by atoms with E-state index in [1.54, 1.807) is 0 Å². The van der Waals surface area contributed by atoms with Gasteiger partial charge in [0.2, 0.25) is 0 Å². The minimum absolute atomic E-state index is 0.163. The van der Waals surface area contributed by atoms with E-state index in [9.17, 15) is 9.59 Å². The van der Waals surface area contributed by atoms with E-state index in [-0.39, 0.29) is 24.1 Å². The Morgan fingerprint density at radius 2 is 1.82 bits per heavy atom. The molecule has 1 fully saturated rings. The number of rotatable bonds is 7. The smallest absolute Gasteiger partial charge is 0.253 e. The molecule has 4 aromatic rings. The van der Waals surface area contributed by atoms with Crippen molar-refractivity contribution in [3.05, 3.63) is 86.7 Å². The Morgan fingerprint density at radius 3 is 2.47 bits per heavy atom. The summed E-state index contributed by atoms with van der Waals surface area (Å²) in [5.74, 6) is -0.195. The maximum atomic E-state index is 13.6. The van der Waals surface area contributed by atoms with E-state index in [1.807, 2.05) is 39.1 Å². The zero-order valence-corrected chi connectivity index (χ0v) is 23.0. The summed E-state index contributed by atoms with van der Waals surface area (Å²) in [6.07, 6.45) is 6.55. The summed E-state index contributed by atoms with van der Waals surface area (Å²) < 4.78 is 2.22. The van der Waals surface area contributed by atoms with Crippen LogP contribution in [0.25, 0.3) is 22.0 Å². The van der Waals surface area contributed by atoms with Crippen molar-refractivity contribution in [1.29, 1.82) is 0 Å². The first-order valence-corrected chi connectivity index (χ1v) is 13.5. The molecule has 0 spiro atoms. The van der Waals surface area contributed by atoms with E-state index in [0.29, 0.717) is 11.1 Å². The van der Waals surface area contributed by atoms with Gasteiger partial charge in [-0.2, -0.15) is 0 Å². The van der Waals surface area contributed by atoms with Crippen LogP contribution < -0.4 is 10.9 Å². The van der Waals surface area contributed by atoms with E-state index in [2.05, 4.69) is 58.0 Å². The van der Waals surface area contributed by atoms with Gasteiger partial charge in [-0.3, -0.25) is 19.5 Å². The molecule has 7 heteroatoms. The molecule has 0 radical (unpaired) electrons. The lowest BCUT2D eigenvalue weighted by Crippen LogP contribution is -2.28. The number of hydrogen-bond donors (Lipinski definition) is 2. The summed E-state index contributed by atoms with van der Waals surface area (Å²) in [5, 5.41) is 3.95. The number of amides is 1. The van der Waals surface area contributed by atoms with Gasteiger partial charge in [-0.15, -0.1) is 0 Å². The van der Waals surface area contributed by atoms with Gasteiger partial charge in [0.25, 0.3) is 11.5 Å². The zero-order valence-electron chi connectivity index (χ0n) is 23.0. The van der Waals surface area contributed by atoms with Crippen molar-refractivity contribution in [3.63, 3.8) is 0 Å². The number of carbonyl (C=O) groups excluding carboxylic acids is 1. The molecule has 1 saturated heterocycles. The van der Waals surface area contributed by atoms with Gasteiger partial charge in [0.15, 0.2) is 0 Å². The average Bonchev–Trinajstić information content (AvgIpc) is 3.51. The molecular formula is C31H37N5O2. The molecular weight excluding hydrogens is 474 g/mol. The second kappa shape index (κ2) is 10.6. The zero-order chi connectivity index (χ0) is 27.0. The lowest BCUT2D eigenvalue weighted by atomic mass is 9.98. The summed E-state index contributed by atoms with van der Waals surface area (Å²) >= 11 is 0. The number of carbonyl (C=O) groups is 1. The first-order chi connectivity index (χ1) is 18.2. The van der Waals surface area contributed by atoms with Gasteiger partial charge < -0.3 is 14.9 Å². The number of aromatic amines is 1. The highest BCUT2D eigenvalue weighted by molar-refractivity contribution is 6.09. The third-order valence-corrected chi connectivity index (χ3v) is 7.59. The molecule has 3 aromatic heterocycles. The summed E-state index contributed by atoms with van der Waals surface area (Å²) in [4.78, 5) is 36.2. The molecule has 7 nitrogen and oxygen atoms in total. The number of H-pyrrole nitrogens is 1. The number of nitrogens with zero attached hydrogens (tertiary/aromatic N) is 3. The topological polar surface area (TPSA) is 83.0 Å². The van der Waals surface area contributed by atoms with Crippen molar-refractivity contribution >= 4 is 16.8 Å². The Morgan fingerprint density at radius 1 is 1.05 bits per heavy atom. The van der Waals surface area contributed by atoms with E-state index in [4.69, 9.17) is 4.98 Å². The van der Waals surface area contributed by atoms with Crippen LogP contribution in [-0.2, 0) is 13.1 Å². The first-order valence-electron chi connectivity index (χ1n) is 13.5. The van der Waals surface area contributed by atoms with Gasteiger partial charge in [0, 0.05) is 64.8 Å². The van der Waals surface area contributed by atoms with Crippen LogP contribution in [0.1, 0.15) is 71.2 Å². The molecule has 1 aromatic carbocycles. The lowest BCUT2D eigenvalue weighted by Gasteiger charge is -2.15. The molecule has 0 bridgehead atoms. The molecule has 0 unspecified atom stereocenters. The van der Waals surface area contributed by atoms with Crippen LogP contribution in [0, 0.1) is 20.8 Å². The van der Waals surface area contributed by atoms with Gasteiger partial charge in [0.05, 0.1) is 5.69 Å². The number of benzene rings is 1. The Labute approximate surface area is 223 Å². The Balaban J connectivity index is 1.51. The summed E-state index contributed by atoms with van der Waals surface area (Å²) in [6.45, 7) is 13.4. The molecule has 1 amide bonds. The van der Waals surface area contributed by atoms with Crippen LogP contribution in [-0.4, -0.2) is 38.4 Å². The van der Waals surface area contributed by atoms with Crippen molar-refractivity contribution in [2.45, 2.75) is 66.6 Å². The number of nitrogens with one attached hydrogen (secondary N) is 2. The monoisotopic (exact) mass is 511 g/mol. The Bertz CT molecular complexity index is 1540. The van der Waals surface area contributed by atoms with Gasteiger partial charge in [0.1, 0.15) is 0 Å². The molecule has 1 aliphatic rings. The largest absolute Gasteiger partial charge is 0.348 e. The highest BCUT2D eigenvalue weighted by Crippen LogP contribution is 2.33. The summed E-state index contributed by atoms with van der Waals surface area (Å²) in [7, 11) is 0. The van der Waals surface area contributed by atoms with E-state index in [1.165, 1.54) is 12.8 Å². The number of hydrogen-bond acceptors (Lipinski definition) is 4. The van der Waals surface area contributed by atoms with Gasteiger partial charge in [-0.05, 0) is 102 Å². The summed E-state index contributed by atoms with van der Waals surface area (Å²) in [6, 6.07) is 10.5. The Kier molecular flexibility index (Phi) is 7.21. The molecule has 0 saturated carbocycles. The number of aromatic nitrogens is 3. The van der Waals surface area contributed by atoms with Crippen molar-refractivity contribution < 1.29 is 4.79 Å². The van der Waals surface area contributed by atoms with Crippen LogP contribution >= 0.6 is 0 Å². The number of fused-ring (bicyclic) bond motifs is 1. The number of aryl methyl sites for hydroxylation is 3. The van der Waals surface area contributed by atoms with Crippen molar-refractivity contribution in [1.82, 2.24) is 24.8 Å². The number of pyridine rings is 2. The minimum Gasteiger partial charge on any atom is -0.348 e. The third kappa shape index (κ3) is 5.16. The first kappa shape index (κ1) is 25.9. The highest BCUT2D eigenvalue weighted by atomic mass is 16.1. The second-order valence-electron chi connectivity index (χ2n) is 10.9. The fraction of sp³-hybridized carbons (Fsp3) is 0.387. The predicted octanol–water partition coefficient (Wildman–Crippen LogP) is 5.42. The molecule has 5 rings (SSSR count). The Hall–Kier alpha value is -3.71. The van der Waals surface area contributed by atoms with Crippen molar-refractivity contribution in [3.8, 4) is 11.1 Å². The molecule has 0 atom stereocenters. The predicted molar refractivity (Wildman–Crippen MR) is 153 cm³/mol. The van der Waals surface area contributed by atoms with Crippen molar-refractivity contribution in [2.75, 3.05) is 13.1 Å². The van der Waals surface area contributed by atoms with Crippen LogP contribution in [0.3, 0.4) is 0 Å². The molecule has 1 aliphatic heterocycles. The van der Waals surface area contributed by atoms with Crippen LogP contribution in [0.15, 0.2) is 47.5 Å². The SMILES string of the molecule is Cc1cc(C)c(CNC(=O)c2cc(-c3ccc(CN4CCCC4)nc3)cc3c2c(C)cn3C(C)C)c(=O)[nH]1. The highest BCUT2D eigenvalue weighted by Gasteiger charge is 2.20. The fourth-order valence-corrected chi connectivity index (χ4v) is 5.58. The van der Waals surface area contributed by atoms with Crippen molar-refractivity contribution in [2.24, 2.45) is 0 Å². The normalized spacial score (nSPS) is 14.1. The lowest BCUT2D eigenvalue weighted by molar-refractivity contribution is 0.0952. The maximum Gasteiger partial charge on any atom is 0.253 e. The van der Waals surface area contributed by atoms with Crippen LogP contribution in [0.5, 0.6) is 0 Å². The second-order valence-corrected chi connectivity index (χ2v) is 10.9. The van der Waals surface area contributed by atoms with Gasteiger partial charge in [-0.1, -0.05) is 6.07 Å².